The molecule has 1 rings (SSSR count). The fraction of sp³-hybridized carbons (Fsp3) is 0.429. The van der Waals surface area contributed by atoms with Crippen molar-refractivity contribution >= 4 is 22.9 Å². The molecule has 0 saturated heterocycles. The summed E-state index contributed by atoms with van der Waals surface area (Å²) in [5.41, 5.74) is 0. The molecule has 2 heteroatoms. The van der Waals surface area contributed by atoms with Crippen LogP contribution < -0.4 is 0 Å². The zero-order valence-corrected chi connectivity index (χ0v) is 7.09. The maximum Gasteiger partial charge on any atom is 0.0515 e. The van der Waals surface area contributed by atoms with Crippen molar-refractivity contribution in [3.63, 3.8) is 0 Å². The third-order valence-corrected chi connectivity index (χ3v) is 2.74. The van der Waals surface area contributed by atoms with Gasteiger partial charge in [0.2, 0.25) is 0 Å². The van der Waals surface area contributed by atoms with E-state index in [-0.39, 0.29) is 0 Å². The highest BCUT2D eigenvalue weighted by Crippen LogP contribution is 2.25. The fourth-order valence-electron chi connectivity index (χ4n) is 0.631. The molecule has 0 saturated carbocycles. The summed E-state index contributed by atoms with van der Waals surface area (Å²) in [7, 11) is 0. The van der Waals surface area contributed by atoms with Crippen molar-refractivity contribution < 1.29 is 0 Å². The highest BCUT2D eigenvalue weighted by molar-refractivity contribution is 7.10. The summed E-state index contributed by atoms with van der Waals surface area (Å²) in [5, 5.41) is 2.83. The number of halogens is 1. The highest BCUT2D eigenvalue weighted by atomic mass is 35.5. The van der Waals surface area contributed by atoms with Crippen molar-refractivity contribution in [2.75, 3.05) is 0 Å². The van der Waals surface area contributed by atoms with Gasteiger partial charge in [-0.3, -0.25) is 0 Å². The number of hydrogen-bond acceptors (Lipinski definition) is 1. The van der Waals surface area contributed by atoms with Crippen LogP contribution in [-0.4, -0.2) is 0 Å². The molecule has 0 aliphatic heterocycles. The van der Waals surface area contributed by atoms with Gasteiger partial charge in [0.15, 0.2) is 0 Å². The van der Waals surface area contributed by atoms with Crippen LogP contribution in [-0.2, 0) is 0 Å². The van der Waals surface area contributed by atoms with Crippen LogP contribution in [0.3, 0.4) is 0 Å². The molecule has 0 atom stereocenters. The van der Waals surface area contributed by atoms with Gasteiger partial charge in [0.1, 0.15) is 0 Å². The Labute approximate surface area is 64.5 Å². The maximum atomic E-state index is 5.71. The Morgan fingerprint density at radius 1 is 1.56 bits per heavy atom. The van der Waals surface area contributed by atoms with E-state index in [0.29, 0.717) is 5.92 Å². The Balaban J connectivity index is 2.85. The van der Waals surface area contributed by atoms with Crippen molar-refractivity contribution in [3.05, 3.63) is 21.3 Å². The lowest BCUT2D eigenvalue weighted by Crippen LogP contribution is -1.77. The summed E-state index contributed by atoms with van der Waals surface area (Å²) >= 11 is 7.44. The first-order valence-electron chi connectivity index (χ1n) is 2.94. The molecular weight excluding hydrogens is 152 g/mol. The maximum absolute atomic E-state index is 5.71. The zero-order chi connectivity index (χ0) is 6.85. The molecule has 0 bridgehead atoms. The van der Waals surface area contributed by atoms with Crippen molar-refractivity contribution in [1.82, 2.24) is 0 Å². The lowest BCUT2D eigenvalue weighted by Gasteiger charge is -1.95. The topological polar surface area (TPSA) is 0 Å². The average Bonchev–Trinajstić information content (AvgIpc) is 2.14. The highest BCUT2D eigenvalue weighted by Gasteiger charge is 2.00. The predicted molar refractivity (Wildman–Crippen MR) is 43.4 cm³/mol. The molecule has 1 heterocycles. The third-order valence-electron chi connectivity index (χ3n) is 1.16. The van der Waals surface area contributed by atoms with Crippen LogP contribution in [0.25, 0.3) is 0 Å². The van der Waals surface area contributed by atoms with E-state index in [4.69, 9.17) is 11.6 Å². The van der Waals surface area contributed by atoms with E-state index in [0.717, 1.165) is 5.02 Å². The zero-order valence-electron chi connectivity index (χ0n) is 5.52. The van der Waals surface area contributed by atoms with Crippen LogP contribution in [0.4, 0.5) is 0 Å². The van der Waals surface area contributed by atoms with Gasteiger partial charge in [-0.2, -0.15) is 0 Å². The summed E-state index contributed by atoms with van der Waals surface area (Å²) in [4.78, 5) is 1.36. The van der Waals surface area contributed by atoms with E-state index in [1.165, 1.54) is 4.88 Å². The van der Waals surface area contributed by atoms with Crippen LogP contribution in [0.5, 0.6) is 0 Å². The lowest BCUT2D eigenvalue weighted by molar-refractivity contribution is 0.890. The fourth-order valence-corrected chi connectivity index (χ4v) is 1.73. The summed E-state index contributed by atoms with van der Waals surface area (Å²) in [6.45, 7) is 4.34. The molecule has 0 unspecified atom stereocenters. The standard InChI is InChI=1S/C7H9ClS/c1-5(2)7-3-6(8)4-9-7/h3-5H,1-2H3. The normalized spacial score (nSPS) is 10.7. The first-order chi connectivity index (χ1) is 4.20. The van der Waals surface area contributed by atoms with Crippen molar-refractivity contribution in [2.45, 2.75) is 19.8 Å². The smallest absolute Gasteiger partial charge is 0.0515 e. The summed E-state index contributed by atoms with van der Waals surface area (Å²) in [6.07, 6.45) is 0. The molecular formula is C7H9ClS. The quantitative estimate of drug-likeness (QED) is 0.590. The van der Waals surface area contributed by atoms with Gasteiger partial charge >= 0.3 is 0 Å². The molecule has 0 nitrogen and oxygen atoms in total. The first kappa shape index (κ1) is 7.10. The minimum Gasteiger partial charge on any atom is -0.147 e. The third kappa shape index (κ3) is 1.70. The Hall–Kier alpha value is -0.0100. The van der Waals surface area contributed by atoms with Gasteiger partial charge in [-0.05, 0) is 12.0 Å². The SMILES string of the molecule is CC(C)c1cc(Cl)cs1. The molecule has 1 aromatic rings. The van der Waals surface area contributed by atoms with Crippen LogP contribution in [0, 0.1) is 0 Å². The largest absolute Gasteiger partial charge is 0.147 e. The van der Waals surface area contributed by atoms with E-state index in [9.17, 15) is 0 Å². The van der Waals surface area contributed by atoms with E-state index in [2.05, 4.69) is 13.8 Å². The Kier molecular flexibility index (Phi) is 2.14. The van der Waals surface area contributed by atoms with Crippen LogP contribution in [0.15, 0.2) is 11.4 Å². The van der Waals surface area contributed by atoms with Gasteiger partial charge in [-0.25, -0.2) is 0 Å². The van der Waals surface area contributed by atoms with E-state index in [1.54, 1.807) is 11.3 Å². The predicted octanol–water partition coefficient (Wildman–Crippen LogP) is 3.52. The van der Waals surface area contributed by atoms with Gasteiger partial charge in [0, 0.05) is 10.3 Å². The average molecular weight is 161 g/mol. The molecule has 0 aliphatic rings. The van der Waals surface area contributed by atoms with Crippen LogP contribution in [0.1, 0.15) is 24.6 Å². The van der Waals surface area contributed by atoms with E-state index in [1.807, 2.05) is 11.4 Å². The molecule has 0 aromatic carbocycles. The van der Waals surface area contributed by atoms with E-state index < -0.39 is 0 Å². The number of hydrogen-bond donors (Lipinski definition) is 0. The molecule has 0 spiro atoms. The summed E-state index contributed by atoms with van der Waals surface area (Å²) in [5.74, 6) is 0.613. The molecule has 1 aromatic heterocycles. The first-order valence-corrected chi connectivity index (χ1v) is 4.20. The van der Waals surface area contributed by atoms with Gasteiger partial charge in [-0.1, -0.05) is 25.4 Å². The number of thiophene rings is 1. The second-order valence-electron chi connectivity index (χ2n) is 2.32. The van der Waals surface area contributed by atoms with Gasteiger partial charge in [-0.15, -0.1) is 11.3 Å². The molecule has 0 amide bonds. The Morgan fingerprint density at radius 2 is 2.22 bits per heavy atom. The van der Waals surface area contributed by atoms with Crippen molar-refractivity contribution in [2.24, 2.45) is 0 Å². The second kappa shape index (κ2) is 2.72. The minimum absolute atomic E-state index is 0.613. The lowest BCUT2D eigenvalue weighted by atomic mass is 10.2. The van der Waals surface area contributed by atoms with Gasteiger partial charge in [0.25, 0.3) is 0 Å². The Morgan fingerprint density at radius 3 is 2.44 bits per heavy atom. The molecule has 0 aliphatic carbocycles. The monoisotopic (exact) mass is 160 g/mol. The van der Waals surface area contributed by atoms with E-state index >= 15 is 0 Å². The molecule has 0 fully saturated rings. The minimum atomic E-state index is 0.613. The summed E-state index contributed by atoms with van der Waals surface area (Å²) < 4.78 is 0. The molecule has 0 radical (unpaired) electrons. The van der Waals surface area contributed by atoms with Gasteiger partial charge < -0.3 is 0 Å². The van der Waals surface area contributed by atoms with Crippen molar-refractivity contribution in [1.29, 1.82) is 0 Å². The van der Waals surface area contributed by atoms with Crippen molar-refractivity contribution in [3.8, 4) is 0 Å². The summed E-state index contributed by atoms with van der Waals surface area (Å²) in [6, 6.07) is 2.02. The van der Waals surface area contributed by atoms with Crippen LogP contribution >= 0.6 is 22.9 Å². The Bertz CT molecular complexity index is 191. The molecule has 50 valence electrons. The number of rotatable bonds is 1. The molecule has 9 heavy (non-hydrogen) atoms. The second-order valence-corrected chi connectivity index (χ2v) is 3.70. The van der Waals surface area contributed by atoms with Gasteiger partial charge in [0.05, 0.1) is 5.02 Å². The van der Waals surface area contributed by atoms with Crippen LogP contribution in [0.2, 0.25) is 5.02 Å². The molecule has 0 N–H and O–H groups in total.